The number of phenols is 1. The second-order valence-electron chi connectivity index (χ2n) is 6.07. The number of phenolic OH excluding ortho intramolecular Hbond substituents is 1. The number of carbonyl (C=O) groups is 1. The zero-order chi connectivity index (χ0) is 14.8. The zero-order valence-corrected chi connectivity index (χ0v) is 13.5. The van der Waals surface area contributed by atoms with E-state index in [2.05, 4.69) is 26.6 Å². The highest BCUT2D eigenvalue weighted by atomic mass is 79.9. The van der Waals surface area contributed by atoms with Crippen LogP contribution in [0, 0.1) is 5.92 Å². The first-order chi connectivity index (χ1) is 10.1. The van der Waals surface area contributed by atoms with E-state index in [1.165, 1.54) is 25.7 Å². The van der Waals surface area contributed by atoms with Gasteiger partial charge in [-0.1, -0.05) is 18.9 Å². The summed E-state index contributed by atoms with van der Waals surface area (Å²) in [5.41, 5.74) is 0.460. The van der Waals surface area contributed by atoms with Gasteiger partial charge >= 0.3 is 0 Å². The molecule has 1 aromatic rings. The van der Waals surface area contributed by atoms with Crippen LogP contribution < -0.4 is 10.6 Å². The minimum absolute atomic E-state index is 0.0487. The van der Waals surface area contributed by atoms with E-state index < -0.39 is 0 Å². The predicted octanol–water partition coefficient (Wildman–Crippen LogP) is 3.40. The molecule has 0 radical (unpaired) electrons. The van der Waals surface area contributed by atoms with E-state index in [9.17, 15) is 9.90 Å². The number of aromatic hydroxyl groups is 1. The summed E-state index contributed by atoms with van der Waals surface area (Å²) in [5.74, 6) is 0.770. The lowest BCUT2D eigenvalue weighted by molar-refractivity contribution is -0.119. The summed E-state index contributed by atoms with van der Waals surface area (Å²) in [6.45, 7) is 0. The molecular formula is C16H21BrN2O2. The summed E-state index contributed by atoms with van der Waals surface area (Å²) in [4.78, 5) is 12.4. The Morgan fingerprint density at radius 3 is 2.90 bits per heavy atom. The van der Waals surface area contributed by atoms with Gasteiger partial charge in [-0.25, -0.2) is 0 Å². The van der Waals surface area contributed by atoms with Crippen LogP contribution in [0.2, 0.25) is 0 Å². The van der Waals surface area contributed by atoms with Gasteiger partial charge in [0, 0.05) is 6.04 Å². The highest BCUT2D eigenvalue weighted by molar-refractivity contribution is 9.10. The van der Waals surface area contributed by atoms with E-state index in [-0.39, 0.29) is 17.7 Å². The van der Waals surface area contributed by atoms with Crippen molar-refractivity contribution in [2.45, 2.75) is 50.6 Å². The molecule has 0 bridgehead atoms. The Kier molecular flexibility index (Phi) is 4.50. The van der Waals surface area contributed by atoms with Crippen LogP contribution >= 0.6 is 15.9 Å². The standard InChI is InChI=1S/C16H21BrN2O2/c17-11-5-3-7-13(15(11)20)19-16(21)14-9-8-10-4-1-2-6-12(10)18-14/h3,5,7,10,12,14,18,20H,1-2,4,6,8-9H2,(H,19,21). The molecule has 21 heavy (non-hydrogen) atoms. The quantitative estimate of drug-likeness (QED) is 0.714. The van der Waals surface area contributed by atoms with Crippen molar-refractivity contribution >= 4 is 27.5 Å². The van der Waals surface area contributed by atoms with E-state index in [1.54, 1.807) is 18.2 Å². The summed E-state index contributed by atoms with van der Waals surface area (Å²) in [6.07, 6.45) is 7.05. The number of piperidine rings is 1. The first-order valence-electron chi connectivity index (χ1n) is 7.69. The Morgan fingerprint density at radius 2 is 2.05 bits per heavy atom. The largest absolute Gasteiger partial charge is 0.505 e. The second kappa shape index (κ2) is 6.36. The number of hydrogen-bond acceptors (Lipinski definition) is 3. The average molecular weight is 353 g/mol. The van der Waals surface area contributed by atoms with Crippen LogP contribution in [0.15, 0.2) is 22.7 Å². The van der Waals surface area contributed by atoms with Gasteiger partial charge < -0.3 is 15.7 Å². The third kappa shape index (κ3) is 3.24. The van der Waals surface area contributed by atoms with Crippen LogP contribution in [0.3, 0.4) is 0 Å². The molecule has 1 aromatic carbocycles. The lowest BCUT2D eigenvalue weighted by Gasteiger charge is -2.39. The molecule has 0 aromatic heterocycles. The van der Waals surface area contributed by atoms with Crippen LogP contribution in [0.5, 0.6) is 5.75 Å². The van der Waals surface area contributed by atoms with E-state index in [0.29, 0.717) is 16.2 Å². The number of benzene rings is 1. The Hall–Kier alpha value is -1.07. The van der Waals surface area contributed by atoms with Gasteiger partial charge in [0.1, 0.15) is 0 Å². The van der Waals surface area contributed by atoms with Crippen LogP contribution in [0.4, 0.5) is 5.69 Å². The zero-order valence-electron chi connectivity index (χ0n) is 11.9. The molecule has 1 aliphatic heterocycles. The fraction of sp³-hybridized carbons (Fsp3) is 0.562. The van der Waals surface area contributed by atoms with Gasteiger partial charge in [-0.2, -0.15) is 0 Å². The fourth-order valence-electron chi connectivity index (χ4n) is 3.54. The Morgan fingerprint density at radius 1 is 1.24 bits per heavy atom. The van der Waals surface area contributed by atoms with Crippen LogP contribution in [-0.2, 0) is 4.79 Å². The van der Waals surface area contributed by atoms with E-state index in [1.807, 2.05) is 0 Å². The van der Waals surface area contributed by atoms with Gasteiger partial charge in [0.2, 0.25) is 5.91 Å². The van der Waals surface area contributed by atoms with Crippen molar-refractivity contribution < 1.29 is 9.90 Å². The highest BCUT2D eigenvalue weighted by Crippen LogP contribution is 2.34. The van der Waals surface area contributed by atoms with Crippen molar-refractivity contribution in [3.05, 3.63) is 22.7 Å². The topological polar surface area (TPSA) is 61.4 Å². The van der Waals surface area contributed by atoms with Crippen LogP contribution in [0.1, 0.15) is 38.5 Å². The van der Waals surface area contributed by atoms with Crippen molar-refractivity contribution in [2.24, 2.45) is 5.92 Å². The number of carbonyl (C=O) groups excluding carboxylic acids is 1. The number of hydrogen-bond donors (Lipinski definition) is 3. The summed E-state index contributed by atoms with van der Waals surface area (Å²) >= 11 is 3.26. The van der Waals surface area contributed by atoms with Crippen molar-refractivity contribution in [1.82, 2.24) is 5.32 Å². The maximum absolute atomic E-state index is 12.4. The molecule has 5 heteroatoms. The molecule has 4 nitrogen and oxygen atoms in total. The number of anilines is 1. The second-order valence-corrected chi connectivity index (χ2v) is 6.93. The SMILES string of the molecule is O=C(Nc1cccc(Br)c1O)C1CCC2CCCCC2N1. The number of rotatable bonds is 2. The number of amides is 1. The van der Waals surface area contributed by atoms with Crippen LogP contribution in [0.25, 0.3) is 0 Å². The number of fused-ring (bicyclic) bond motifs is 1. The van der Waals surface area contributed by atoms with E-state index in [4.69, 9.17) is 0 Å². The molecule has 1 heterocycles. The van der Waals surface area contributed by atoms with Gasteiger partial charge in [0.15, 0.2) is 5.75 Å². The molecule has 3 rings (SSSR count). The maximum Gasteiger partial charge on any atom is 0.241 e. The third-order valence-electron chi connectivity index (χ3n) is 4.71. The van der Waals surface area contributed by atoms with Gasteiger partial charge in [-0.3, -0.25) is 4.79 Å². The summed E-state index contributed by atoms with van der Waals surface area (Å²) < 4.78 is 0.587. The van der Waals surface area contributed by atoms with E-state index >= 15 is 0 Å². The molecule has 1 saturated heterocycles. The number of halogens is 1. The Bertz CT molecular complexity index is 535. The monoisotopic (exact) mass is 352 g/mol. The van der Waals surface area contributed by atoms with Gasteiger partial charge in [0.25, 0.3) is 0 Å². The van der Waals surface area contributed by atoms with Crippen molar-refractivity contribution in [3.63, 3.8) is 0 Å². The fourth-order valence-corrected chi connectivity index (χ4v) is 3.90. The third-order valence-corrected chi connectivity index (χ3v) is 5.35. The molecular weight excluding hydrogens is 332 g/mol. The molecule has 1 amide bonds. The first kappa shape index (κ1) is 14.9. The van der Waals surface area contributed by atoms with Gasteiger partial charge in [-0.05, 0) is 59.7 Å². The van der Waals surface area contributed by atoms with Crippen molar-refractivity contribution in [2.75, 3.05) is 5.32 Å². The number of nitrogens with one attached hydrogen (secondary N) is 2. The van der Waals surface area contributed by atoms with Gasteiger partial charge in [-0.15, -0.1) is 0 Å². The Balaban J connectivity index is 1.64. The highest BCUT2D eigenvalue weighted by Gasteiger charge is 2.34. The van der Waals surface area contributed by atoms with Crippen molar-refractivity contribution in [1.29, 1.82) is 0 Å². The molecule has 2 fully saturated rings. The summed E-state index contributed by atoms with van der Waals surface area (Å²) in [6, 6.07) is 5.59. The molecule has 1 aliphatic carbocycles. The molecule has 3 N–H and O–H groups in total. The van der Waals surface area contributed by atoms with E-state index in [0.717, 1.165) is 18.8 Å². The average Bonchev–Trinajstić information content (AvgIpc) is 2.51. The first-order valence-corrected chi connectivity index (χ1v) is 8.49. The normalized spacial score (nSPS) is 28.7. The minimum Gasteiger partial charge on any atom is -0.505 e. The number of para-hydroxylation sites is 1. The van der Waals surface area contributed by atoms with Gasteiger partial charge in [0.05, 0.1) is 16.2 Å². The molecule has 3 atom stereocenters. The molecule has 0 spiro atoms. The lowest BCUT2D eigenvalue weighted by Crippen LogP contribution is -2.53. The molecule has 2 aliphatic rings. The molecule has 114 valence electrons. The van der Waals surface area contributed by atoms with Crippen molar-refractivity contribution in [3.8, 4) is 5.75 Å². The summed E-state index contributed by atoms with van der Waals surface area (Å²) in [5, 5.41) is 16.3. The Labute approximate surface area is 133 Å². The molecule has 3 unspecified atom stereocenters. The minimum atomic E-state index is -0.150. The molecule has 1 saturated carbocycles. The predicted molar refractivity (Wildman–Crippen MR) is 86.3 cm³/mol. The summed E-state index contributed by atoms with van der Waals surface area (Å²) in [7, 11) is 0. The lowest BCUT2D eigenvalue weighted by atomic mass is 9.77. The maximum atomic E-state index is 12.4. The van der Waals surface area contributed by atoms with Crippen LogP contribution in [-0.4, -0.2) is 23.1 Å². The smallest absolute Gasteiger partial charge is 0.241 e.